The third-order valence-electron chi connectivity index (χ3n) is 5.40. The van der Waals surface area contributed by atoms with Gasteiger partial charge in [-0.15, -0.1) is 0 Å². The lowest BCUT2D eigenvalue weighted by atomic mass is 9.95. The molecule has 5 rings (SSSR count). The highest BCUT2D eigenvalue weighted by Gasteiger charge is 2.28. The van der Waals surface area contributed by atoms with Crippen molar-refractivity contribution in [3.05, 3.63) is 71.8 Å². The molecule has 0 spiro atoms. The minimum Gasteiger partial charge on any atom is -0.465 e. The normalized spacial score (nSPS) is 11.8. The molecule has 0 saturated heterocycles. The van der Waals surface area contributed by atoms with Crippen LogP contribution in [-0.4, -0.2) is 26.2 Å². The van der Waals surface area contributed by atoms with Crippen LogP contribution in [0.2, 0.25) is 0 Å². The van der Waals surface area contributed by atoms with E-state index >= 15 is 0 Å². The van der Waals surface area contributed by atoms with Gasteiger partial charge in [0, 0.05) is 0 Å². The third-order valence-corrected chi connectivity index (χ3v) is 5.40. The summed E-state index contributed by atoms with van der Waals surface area (Å²) in [5.74, 6) is -0.871. The molecular weight excluding hydrogens is 380 g/mol. The molecule has 0 unspecified atom stereocenters. The fourth-order valence-electron chi connectivity index (χ4n) is 4.05. The Bertz CT molecular complexity index is 1260. The van der Waals surface area contributed by atoms with E-state index in [1.807, 2.05) is 60.7 Å². The number of esters is 2. The highest BCUT2D eigenvalue weighted by atomic mass is 16.5. The topological polar surface area (TPSA) is 76.7 Å². The van der Waals surface area contributed by atoms with Crippen LogP contribution in [-0.2, 0) is 9.47 Å². The van der Waals surface area contributed by atoms with Crippen molar-refractivity contribution in [1.29, 1.82) is 0 Å². The van der Waals surface area contributed by atoms with Crippen LogP contribution in [0.15, 0.2) is 60.7 Å². The SMILES string of the molecule is COC(=O)c1c2c(cc3ccccc13)Nc1c(cc3ccccc3c1C(=O)OC)N2. The van der Waals surface area contributed by atoms with Gasteiger partial charge in [-0.3, -0.25) is 0 Å². The number of fused-ring (bicyclic) bond motifs is 4. The van der Waals surface area contributed by atoms with Crippen LogP contribution in [0.1, 0.15) is 20.7 Å². The first-order valence-corrected chi connectivity index (χ1v) is 9.44. The summed E-state index contributed by atoms with van der Waals surface area (Å²) >= 11 is 0. The molecule has 1 heterocycles. The van der Waals surface area contributed by atoms with Crippen LogP contribution in [0, 0.1) is 0 Å². The Balaban J connectivity index is 1.81. The first-order valence-electron chi connectivity index (χ1n) is 9.44. The molecule has 0 amide bonds. The van der Waals surface area contributed by atoms with E-state index < -0.39 is 11.9 Å². The van der Waals surface area contributed by atoms with Crippen LogP contribution in [0.5, 0.6) is 0 Å². The lowest BCUT2D eigenvalue weighted by Gasteiger charge is -2.28. The second kappa shape index (κ2) is 6.77. The molecule has 30 heavy (non-hydrogen) atoms. The van der Waals surface area contributed by atoms with Crippen LogP contribution in [0.4, 0.5) is 22.7 Å². The number of ether oxygens (including phenoxy) is 2. The van der Waals surface area contributed by atoms with Crippen molar-refractivity contribution in [2.45, 2.75) is 0 Å². The number of anilines is 4. The van der Waals surface area contributed by atoms with Crippen LogP contribution >= 0.6 is 0 Å². The maximum atomic E-state index is 12.7. The predicted molar refractivity (Wildman–Crippen MR) is 117 cm³/mol. The molecule has 0 aromatic heterocycles. The summed E-state index contributed by atoms with van der Waals surface area (Å²) in [5.41, 5.74) is 3.47. The van der Waals surface area contributed by atoms with E-state index in [1.165, 1.54) is 14.2 Å². The molecule has 0 fully saturated rings. The average Bonchev–Trinajstić information content (AvgIpc) is 2.78. The minimum absolute atomic E-state index is 0.435. The molecule has 2 N–H and O–H groups in total. The van der Waals surface area contributed by atoms with Crippen molar-refractivity contribution in [3.63, 3.8) is 0 Å². The van der Waals surface area contributed by atoms with Gasteiger partial charge < -0.3 is 20.1 Å². The molecule has 148 valence electrons. The standard InChI is InChI=1S/C24H18N2O4/c1-29-23(27)19-15-9-5-3-7-13(15)11-17-21(19)25-18-12-14-8-4-6-10-16(14)20(22(18)26-17)24(28)30-2/h3-12,25-26H,1-2H3. The summed E-state index contributed by atoms with van der Waals surface area (Å²) in [7, 11) is 2.73. The second-order valence-electron chi connectivity index (χ2n) is 7.02. The van der Waals surface area contributed by atoms with Crippen LogP contribution < -0.4 is 10.6 Å². The molecule has 0 aliphatic carbocycles. The molecule has 4 aromatic rings. The molecule has 4 aromatic carbocycles. The van der Waals surface area contributed by atoms with E-state index in [0.29, 0.717) is 33.9 Å². The maximum absolute atomic E-state index is 12.7. The van der Waals surface area contributed by atoms with Gasteiger partial charge in [-0.1, -0.05) is 48.5 Å². The van der Waals surface area contributed by atoms with Gasteiger partial charge in [-0.25, -0.2) is 9.59 Å². The van der Waals surface area contributed by atoms with Gasteiger partial charge in [0.05, 0.1) is 48.1 Å². The predicted octanol–water partition coefficient (Wildman–Crippen LogP) is 5.37. The van der Waals surface area contributed by atoms with Gasteiger partial charge in [0.2, 0.25) is 0 Å². The van der Waals surface area contributed by atoms with Crippen LogP contribution in [0.3, 0.4) is 0 Å². The zero-order valence-electron chi connectivity index (χ0n) is 16.4. The Hall–Kier alpha value is -4.06. The molecule has 0 radical (unpaired) electrons. The van der Waals surface area contributed by atoms with E-state index in [2.05, 4.69) is 10.6 Å². The number of nitrogens with one attached hydrogen (secondary N) is 2. The van der Waals surface area contributed by atoms with Gasteiger partial charge in [-0.2, -0.15) is 0 Å². The van der Waals surface area contributed by atoms with Crippen LogP contribution in [0.25, 0.3) is 21.5 Å². The lowest BCUT2D eigenvalue weighted by Crippen LogP contribution is -2.16. The van der Waals surface area contributed by atoms with Gasteiger partial charge in [0.25, 0.3) is 0 Å². The molecule has 1 aliphatic heterocycles. The highest BCUT2D eigenvalue weighted by Crippen LogP contribution is 2.47. The summed E-state index contributed by atoms with van der Waals surface area (Å²) in [5, 5.41) is 10.1. The van der Waals surface area contributed by atoms with E-state index in [-0.39, 0.29) is 0 Å². The van der Waals surface area contributed by atoms with E-state index in [1.54, 1.807) is 0 Å². The molecular formula is C24H18N2O4. The van der Waals surface area contributed by atoms with E-state index in [0.717, 1.165) is 21.5 Å². The van der Waals surface area contributed by atoms with Crippen molar-refractivity contribution in [3.8, 4) is 0 Å². The first-order chi connectivity index (χ1) is 14.6. The Labute approximate surface area is 172 Å². The largest absolute Gasteiger partial charge is 0.465 e. The molecule has 6 nitrogen and oxygen atoms in total. The molecule has 6 heteroatoms. The number of hydrogen-bond acceptors (Lipinski definition) is 6. The molecule has 0 saturated carbocycles. The van der Waals surface area contributed by atoms with Crippen molar-refractivity contribution in [1.82, 2.24) is 0 Å². The first kappa shape index (κ1) is 18.0. The highest BCUT2D eigenvalue weighted by molar-refractivity contribution is 6.19. The Morgan fingerprint density at radius 1 is 0.667 bits per heavy atom. The summed E-state index contributed by atoms with van der Waals surface area (Å²) in [4.78, 5) is 25.4. The fraction of sp³-hybridized carbons (Fsp3) is 0.0833. The van der Waals surface area contributed by atoms with Crippen molar-refractivity contribution >= 4 is 56.2 Å². The molecule has 1 aliphatic rings. The Kier molecular flexibility index (Phi) is 4.06. The second-order valence-corrected chi connectivity index (χ2v) is 7.02. The average molecular weight is 398 g/mol. The lowest BCUT2D eigenvalue weighted by molar-refractivity contribution is 0.0594. The van der Waals surface area contributed by atoms with E-state index in [4.69, 9.17) is 9.47 Å². The van der Waals surface area contributed by atoms with Crippen molar-refractivity contribution in [2.75, 3.05) is 24.9 Å². The van der Waals surface area contributed by atoms with Crippen molar-refractivity contribution in [2.24, 2.45) is 0 Å². The van der Waals surface area contributed by atoms with Gasteiger partial charge in [0.1, 0.15) is 0 Å². The summed E-state index contributed by atoms with van der Waals surface area (Å²) in [6, 6.07) is 19.1. The molecule has 0 bridgehead atoms. The quantitative estimate of drug-likeness (QED) is 0.390. The van der Waals surface area contributed by atoms with Gasteiger partial charge in [0.15, 0.2) is 0 Å². The zero-order valence-corrected chi connectivity index (χ0v) is 16.4. The fourth-order valence-corrected chi connectivity index (χ4v) is 4.05. The Morgan fingerprint density at radius 3 is 1.47 bits per heavy atom. The third kappa shape index (κ3) is 2.58. The number of carbonyl (C=O) groups excluding carboxylic acids is 2. The number of rotatable bonds is 2. The monoisotopic (exact) mass is 398 g/mol. The number of carbonyl (C=O) groups is 2. The molecule has 0 atom stereocenters. The minimum atomic E-state index is -0.435. The Morgan fingerprint density at radius 2 is 1.07 bits per heavy atom. The zero-order chi connectivity index (χ0) is 20.8. The van der Waals surface area contributed by atoms with Crippen molar-refractivity contribution < 1.29 is 19.1 Å². The summed E-state index contributed by atoms with van der Waals surface area (Å²) in [6.45, 7) is 0. The number of hydrogen-bond donors (Lipinski definition) is 2. The number of benzene rings is 4. The smallest absolute Gasteiger partial charge is 0.340 e. The van der Waals surface area contributed by atoms with Gasteiger partial charge in [-0.05, 0) is 33.7 Å². The van der Waals surface area contributed by atoms with E-state index in [9.17, 15) is 9.59 Å². The van der Waals surface area contributed by atoms with Gasteiger partial charge >= 0.3 is 11.9 Å². The number of methoxy groups -OCH3 is 2. The maximum Gasteiger partial charge on any atom is 0.340 e. The summed E-state index contributed by atoms with van der Waals surface area (Å²) in [6.07, 6.45) is 0. The summed E-state index contributed by atoms with van der Waals surface area (Å²) < 4.78 is 10.1.